The van der Waals surface area contributed by atoms with Crippen LogP contribution in [0.15, 0.2) is 34.1 Å². The lowest BCUT2D eigenvalue weighted by atomic mass is 10.1. The lowest BCUT2D eigenvalue weighted by Gasteiger charge is -2.07. The van der Waals surface area contributed by atoms with Gasteiger partial charge in [0, 0.05) is 9.92 Å². The quantitative estimate of drug-likeness (QED) is 0.708. The second kappa shape index (κ2) is 7.88. The van der Waals surface area contributed by atoms with Crippen LogP contribution in [0, 0.1) is 6.92 Å². The molecule has 124 valence electrons. The van der Waals surface area contributed by atoms with Crippen molar-refractivity contribution in [3.63, 3.8) is 0 Å². The Balaban J connectivity index is 2.33. The van der Waals surface area contributed by atoms with Crippen LogP contribution in [0.3, 0.4) is 0 Å². The molecule has 23 heavy (non-hydrogen) atoms. The van der Waals surface area contributed by atoms with E-state index < -0.39 is 0 Å². The third-order valence-electron chi connectivity index (χ3n) is 3.32. The summed E-state index contributed by atoms with van der Waals surface area (Å²) in [5.41, 5.74) is 1.95. The minimum Gasteiger partial charge on any atom is -0.465 e. The molecule has 2 rings (SSSR count). The van der Waals surface area contributed by atoms with E-state index in [0.717, 1.165) is 21.2 Å². The standard InChI is InChI=1S/C17H21ClN2O2S/c1-5-22-15(21)10-20-12(4)17(16(19-20)11(2)3)23-14-8-6-7-13(18)9-14/h6-9,11H,5,10H2,1-4H3. The van der Waals surface area contributed by atoms with E-state index in [-0.39, 0.29) is 18.4 Å². The number of benzene rings is 1. The number of rotatable bonds is 6. The molecule has 0 bridgehead atoms. The van der Waals surface area contributed by atoms with Crippen LogP contribution in [-0.2, 0) is 16.1 Å². The van der Waals surface area contributed by atoms with Gasteiger partial charge in [0.25, 0.3) is 0 Å². The fraction of sp³-hybridized carbons (Fsp3) is 0.412. The van der Waals surface area contributed by atoms with Gasteiger partial charge in [-0.15, -0.1) is 0 Å². The zero-order valence-electron chi connectivity index (χ0n) is 13.8. The van der Waals surface area contributed by atoms with Crippen molar-refractivity contribution in [1.82, 2.24) is 9.78 Å². The predicted octanol–water partition coefficient (Wildman–Crippen LogP) is 4.68. The minimum absolute atomic E-state index is 0.134. The Hall–Kier alpha value is -1.46. The van der Waals surface area contributed by atoms with Crippen LogP contribution < -0.4 is 0 Å². The van der Waals surface area contributed by atoms with Crippen LogP contribution in [0.25, 0.3) is 0 Å². The molecule has 0 amide bonds. The van der Waals surface area contributed by atoms with Gasteiger partial charge in [0.1, 0.15) is 6.54 Å². The molecule has 0 saturated heterocycles. The molecule has 0 atom stereocenters. The van der Waals surface area contributed by atoms with Gasteiger partial charge in [-0.1, -0.05) is 43.3 Å². The maximum absolute atomic E-state index is 11.8. The molecule has 1 aromatic carbocycles. The first-order valence-electron chi connectivity index (χ1n) is 7.58. The number of hydrogen-bond acceptors (Lipinski definition) is 4. The molecule has 0 N–H and O–H groups in total. The smallest absolute Gasteiger partial charge is 0.327 e. The van der Waals surface area contributed by atoms with E-state index in [1.54, 1.807) is 23.4 Å². The van der Waals surface area contributed by atoms with Crippen molar-refractivity contribution in [1.29, 1.82) is 0 Å². The summed E-state index contributed by atoms with van der Waals surface area (Å²) in [6.45, 7) is 8.48. The highest BCUT2D eigenvalue weighted by Crippen LogP contribution is 2.36. The van der Waals surface area contributed by atoms with Gasteiger partial charge in [-0.3, -0.25) is 9.48 Å². The fourth-order valence-electron chi connectivity index (χ4n) is 2.19. The molecule has 0 saturated carbocycles. The average Bonchev–Trinajstić information content (AvgIpc) is 2.77. The molecule has 0 radical (unpaired) electrons. The molecule has 0 aliphatic heterocycles. The number of carbonyl (C=O) groups is 1. The Kier molecular flexibility index (Phi) is 6.13. The molecule has 0 unspecified atom stereocenters. The third-order valence-corrected chi connectivity index (χ3v) is 4.76. The number of ether oxygens (including phenoxy) is 1. The molecule has 1 heterocycles. The highest BCUT2D eigenvalue weighted by Gasteiger charge is 2.20. The largest absolute Gasteiger partial charge is 0.465 e. The SMILES string of the molecule is CCOC(=O)Cn1nc(C(C)C)c(Sc2cccc(Cl)c2)c1C. The van der Waals surface area contributed by atoms with Crippen LogP contribution in [0.4, 0.5) is 0 Å². The molecular formula is C17H21ClN2O2S. The van der Waals surface area contributed by atoms with Crippen LogP contribution in [0.5, 0.6) is 0 Å². The van der Waals surface area contributed by atoms with Gasteiger partial charge in [0.15, 0.2) is 0 Å². The Morgan fingerprint density at radius 3 is 2.78 bits per heavy atom. The van der Waals surface area contributed by atoms with Crippen molar-refractivity contribution >= 4 is 29.3 Å². The molecule has 0 aliphatic carbocycles. The van der Waals surface area contributed by atoms with Crippen LogP contribution in [0.2, 0.25) is 5.02 Å². The predicted molar refractivity (Wildman–Crippen MR) is 93.3 cm³/mol. The normalized spacial score (nSPS) is 11.0. The maximum atomic E-state index is 11.8. The molecule has 1 aromatic heterocycles. The topological polar surface area (TPSA) is 44.1 Å². The van der Waals surface area contributed by atoms with Crippen molar-refractivity contribution in [2.24, 2.45) is 0 Å². The molecule has 4 nitrogen and oxygen atoms in total. The fourth-order valence-corrected chi connectivity index (χ4v) is 3.65. The Bertz CT molecular complexity index is 698. The van der Waals surface area contributed by atoms with E-state index in [1.165, 1.54) is 0 Å². The molecular weight excluding hydrogens is 332 g/mol. The Morgan fingerprint density at radius 1 is 1.43 bits per heavy atom. The average molecular weight is 353 g/mol. The van der Waals surface area contributed by atoms with E-state index in [4.69, 9.17) is 16.3 Å². The van der Waals surface area contributed by atoms with Crippen molar-refractivity contribution < 1.29 is 9.53 Å². The summed E-state index contributed by atoms with van der Waals surface area (Å²) in [6, 6.07) is 7.73. The second-order valence-electron chi connectivity index (χ2n) is 5.48. The first-order chi connectivity index (χ1) is 10.9. The molecule has 2 aromatic rings. The van der Waals surface area contributed by atoms with Crippen LogP contribution >= 0.6 is 23.4 Å². The number of halogens is 1. The van der Waals surface area contributed by atoms with E-state index in [9.17, 15) is 4.79 Å². The van der Waals surface area contributed by atoms with Crippen molar-refractivity contribution in [2.45, 2.75) is 49.9 Å². The summed E-state index contributed by atoms with van der Waals surface area (Å²) in [5.74, 6) is -0.00783. The van der Waals surface area contributed by atoms with E-state index in [0.29, 0.717) is 11.6 Å². The van der Waals surface area contributed by atoms with Gasteiger partial charge in [-0.25, -0.2) is 0 Å². The van der Waals surface area contributed by atoms with Gasteiger partial charge < -0.3 is 4.74 Å². The number of carbonyl (C=O) groups excluding carboxylic acids is 1. The Morgan fingerprint density at radius 2 is 2.17 bits per heavy atom. The van der Waals surface area contributed by atoms with Crippen LogP contribution in [0.1, 0.15) is 38.1 Å². The lowest BCUT2D eigenvalue weighted by molar-refractivity contribution is -0.144. The lowest BCUT2D eigenvalue weighted by Crippen LogP contribution is -2.15. The zero-order chi connectivity index (χ0) is 17.0. The van der Waals surface area contributed by atoms with E-state index >= 15 is 0 Å². The number of esters is 1. The van der Waals surface area contributed by atoms with Gasteiger partial charge >= 0.3 is 5.97 Å². The van der Waals surface area contributed by atoms with E-state index in [1.807, 2.05) is 31.2 Å². The monoisotopic (exact) mass is 352 g/mol. The summed E-state index contributed by atoms with van der Waals surface area (Å²) in [6.07, 6.45) is 0. The van der Waals surface area contributed by atoms with Crippen LogP contribution in [-0.4, -0.2) is 22.4 Å². The first kappa shape index (κ1) is 17.9. The summed E-state index contributed by atoms with van der Waals surface area (Å²) in [7, 11) is 0. The highest BCUT2D eigenvalue weighted by atomic mass is 35.5. The molecule has 0 aliphatic rings. The molecule has 0 spiro atoms. The zero-order valence-corrected chi connectivity index (χ0v) is 15.4. The summed E-state index contributed by atoms with van der Waals surface area (Å²) in [5, 5.41) is 5.32. The highest BCUT2D eigenvalue weighted by molar-refractivity contribution is 7.99. The maximum Gasteiger partial charge on any atom is 0.327 e. The number of hydrogen-bond donors (Lipinski definition) is 0. The second-order valence-corrected chi connectivity index (χ2v) is 7.00. The summed E-state index contributed by atoms with van der Waals surface area (Å²) in [4.78, 5) is 13.9. The summed E-state index contributed by atoms with van der Waals surface area (Å²) >= 11 is 7.69. The first-order valence-corrected chi connectivity index (χ1v) is 8.78. The Labute approximate surface area is 146 Å². The van der Waals surface area contributed by atoms with Gasteiger partial charge in [-0.05, 0) is 38.0 Å². The molecule has 6 heteroatoms. The van der Waals surface area contributed by atoms with E-state index in [2.05, 4.69) is 18.9 Å². The van der Waals surface area contributed by atoms with Crippen molar-refractivity contribution in [3.05, 3.63) is 40.7 Å². The minimum atomic E-state index is -0.271. The van der Waals surface area contributed by atoms with Crippen molar-refractivity contribution in [3.8, 4) is 0 Å². The third kappa shape index (κ3) is 4.52. The molecule has 0 fully saturated rings. The van der Waals surface area contributed by atoms with Crippen molar-refractivity contribution in [2.75, 3.05) is 6.61 Å². The number of aromatic nitrogens is 2. The van der Waals surface area contributed by atoms with Gasteiger partial charge in [0.05, 0.1) is 22.9 Å². The summed E-state index contributed by atoms with van der Waals surface area (Å²) < 4.78 is 6.74. The van der Waals surface area contributed by atoms with Gasteiger partial charge in [0.2, 0.25) is 0 Å². The van der Waals surface area contributed by atoms with Gasteiger partial charge in [-0.2, -0.15) is 5.10 Å². The number of nitrogens with zero attached hydrogens (tertiary/aromatic N) is 2.